The summed E-state index contributed by atoms with van der Waals surface area (Å²) in [5.74, 6) is -0.152. The van der Waals surface area contributed by atoms with E-state index >= 15 is 0 Å². The number of carbonyl (C=O) groups is 1. The number of hydrogen-bond acceptors (Lipinski definition) is 5. The highest BCUT2D eigenvalue weighted by molar-refractivity contribution is 7.13. The summed E-state index contributed by atoms with van der Waals surface area (Å²) in [5, 5.41) is 9.57. The van der Waals surface area contributed by atoms with Crippen molar-refractivity contribution in [3.8, 4) is 10.6 Å². The third-order valence-electron chi connectivity index (χ3n) is 3.82. The zero-order valence-corrected chi connectivity index (χ0v) is 15.5. The van der Waals surface area contributed by atoms with Crippen LogP contribution in [0.5, 0.6) is 0 Å². The third-order valence-corrected chi connectivity index (χ3v) is 4.71. The Labute approximate surface area is 156 Å². The first kappa shape index (κ1) is 18.3. The number of nitrogens with zero attached hydrogens (tertiary/aromatic N) is 3. The molecule has 3 rings (SSSR count). The molecule has 2 heterocycles. The molecular formula is C19H22N4O2S. The Morgan fingerprint density at radius 3 is 2.88 bits per heavy atom. The van der Waals surface area contributed by atoms with Crippen LogP contribution in [-0.4, -0.2) is 40.4 Å². The summed E-state index contributed by atoms with van der Waals surface area (Å²) in [4.78, 5) is 16.5. The molecule has 0 saturated carbocycles. The highest BCUT2D eigenvalue weighted by Crippen LogP contribution is 2.22. The Kier molecular flexibility index (Phi) is 6.51. The van der Waals surface area contributed by atoms with Gasteiger partial charge in [0.2, 0.25) is 0 Å². The zero-order chi connectivity index (χ0) is 18.2. The minimum Gasteiger partial charge on any atom is -0.381 e. The lowest BCUT2D eigenvalue weighted by atomic mass is 10.2. The zero-order valence-electron chi connectivity index (χ0n) is 14.7. The smallest absolute Gasteiger partial charge is 0.270 e. The first-order valence-electron chi connectivity index (χ1n) is 8.57. The Morgan fingerprint density at radius 1 is 1.27 bits per heavy atom. The van der Waals surface area contributed by atoms with Crippen LogP contribution in [0.4, 0.5) is 0 Å². The van der Waals surface area contributed by atoms with Crippen molar-refractivity contribution in [3.63, 3.8) is 0 Å². The summed E-state index contributed by atoms with van der Waals surface area (Å²) in [6.45, 7) is 1.90. The molecule has 136 valence electrons. The van der Waals surface area contributed by atoms with Gasteiger partial charge in [0.15, 0.2) is 0 Å². The van der Waals surface area contributed by atoms with Crippen molar-refractivity contribution in [2.45, 2.75) is 12.8 Å². The number of thiazole rings is 1. The maximum Gasteiger partial charge on any atom is 0.270 e. The first-order chi connectivity index (χ1) is 12.7. The lowest BCUT2D eigenvalue weighted by Gasteiger charge is -2.05. The van der Waals surface area contributed by atoms with Crippen LogP contribution in [-0.2, 0) is 18.2 Å². The molecule has 0 bridgehead atoms. The molecule has 0 aliphatic carbocycles. The van der Waals surface area contributed by atoms with Crippen LogP contribution in [0.3, 0.4) is 0 Å². The molecule has 0 atom stereocenters. The van der Waals surface area contributed by atoms with Gasteiger partial charge < -0.3 is 10.1 Å². The summed E-state index contributed by atoms with van der Waals surface area (Å²) < 4.78 is 7.33. The van der Waals surface area contributed by atoms with E-state index in [0.717, 1.165) is 23.4 Å². The van der Waals surface area contributed by atoms with Gasteiger partial charge in [-0.15, -0.1) is 11.3 Å². The van der Waals surface area contributed by atoms with Gasteiger partial charge in [-0.1, -0.05) is 30.3 Å². The van der Waals surface area contributed by atoms with E-state index in [2.05, 4.69) is 27.5 Å². The highest BCUT2D eigenvalue weighted by Gasteiger charge is 2.12. The second-order valence-corrected chi connectivity index (χ2v) is 6.76. The van der Waals surface area contributed by atoms with Gasteiger partial charge in [-0.3, -0.25) is 9.48 Å². The number of aryl methyl sites for hydroxylation is 1. The van der Waals surface area contributed by atoms with Gasteiger partial charge in [-0.05, 0) is 18.4 Å². The molecule has 2 aromatic heterocycles. The number of rotatable bonds is 9. The SMILES string of the molecule is Cn1cc(-c2nc(C(=O)NCCCOCCc3ccccc3)cs2)cn1. The Bertz CT molecular complexity index is 829. The summed E-state index contributed by atoms with van der Waals surface area (Å²) in [5.41, 5.74) is 2.64. The number of benzene rings is 1. The van der Waals surface area contributed by atoms with E-state index in [9.17, 15) is 4.79 Å². The first-order valence-corrected chi connectivity index (χ1v) is 9.45. The molecule has 0 saturated heterocycles. The fraction of sp³-hybridized carbons (Fsp3) is 0.316. The van der Waals surface area contributed by atoms with Crippen LogP contribution < -0.4 is 5.32 Å². The fourth-order valence-electron chi connectivity index (χ4n) is 2.45. The average molecular weight is 370 g/mol. The van der Waals surface area contributed by atoms with Crippen molar-refractivity contribution in [3.05, 3.63) is 59.4 Å². The van der Waals surface area contributed by atoms with E-state index in [0.29, 0.717) is 25.5 Å². The highest BCUT2D eigenvalue weighted by atomic mass is 32.1. The van der Waals surface area contributed by atoms with Crippen molar-refractivity contribution in [1.82, 2.24) is 20.1 Å². The maximum absolute atomic E-state index is 12.1. The van der Waals surface area contributed by atoms with E-state index in [4.69, 9.17) is 4.74 Å². The number of aromatic nitrogens is 3. The average Bonchev–Trinajstić information content (AvgIpc) is 3.30. The van der Waals surface area contributed by atoms with Crippen LogP contribution in [0.25, 0.3) is 10.6 Å². The lowest BCUT2D eigenvalue weighted by Crippen LogP contribution is -2.25. The van der Waals surface area contributed by atoms with E-state index in [1.54, 1.807) is 16.3 Å². The fourth-order valence-corrected chi connectivity index (χ4v) is 3.22. The van der Waals surface area contributed by atoms with E-state index in [1.807, 2.05) is 31.4 Å². The maximum atomic E-state index is 12.1. The number of nitrogens with one attached hydrogen (secondary N) is 1. The molecule has 1 aromatic carbocycles. The third kappa shape index (κ3) is 5.24. The molecule has 1 N–H and O–H groups in total. The predicted octanol–water partition coefficient (Wildman–Crippen LogP) is 2.92. The Morgan fingerprint density at radius 2 is 2.12 bits per heavy atom. The monoisotopic (exact) mass is 370 g/mol. The topological polar surface area (TPSA) is 69.0 Å². The number of carbonyl (C=O) groups excluding carboxylic acids is 1. The summed E-state index contributed by atoms with van der Waals surface area (Å²) in [6, 6.07) is 10.3. The molecule has 1 amide bonds. The van der Waals surface area contributed by atoms with Crippen LogP contribution in [0.2, 0.25) is 0 Å². The molecule has 7 heteroatoms. The normalized spacial score (nSPS) is 10.8. The van der Waals surface area contributed by atoms with Gasteiger partial charge in [0.25, 0.3) is 5.91 Å². The van der Waals surface area contributed by atoms with Crippen molar-refractivity contribution >= 4 is 17.2 Å². The number of amides is 1. The molecule has 6 nitrogen and oxygen atoms in total. The van der Waals surface area contributed by atoms with Gasteiger partial charge in [-0.25, -0.2) is 4.98 Å². The van der Waals surface area contributed by atoms with Crippen LogP contribution in [0, 0.1) is 0 Å². The van der Waals surface area contributed by atoms with E-state index in [1.165, 1.54) is 16.9 Å². The van der Waals surface area contributed by atoms with Crippen molar-refractivity contribution in [2.75, 3.05) is 19.8 Å². The van der Waals surface area contributed by atoms with Crippen molar-refractivity contribution in [1.29, 1.82) is 0 Å². The largest absolute Gasteiger partial charge is 0.381 e. The summed E-state index contributed by atoms with van der Waals surface area (Å²) in [7, 11) is 1.85. The van der Waals surface area contributed by atoms with E-state index in [-0.39, 0.29) is 5.91 Å². The molecular weight excluding hydrogens is 348 g/mol. The molecule has 26 heavy (non-hydrogen) atoms. The van der Waals surface area contributed by atoms with Crippen LogP contribution >= 0.6 is 11.3 Å². The molecule has 0 spiro atoms. The standard InChI is InChI=1S/C19H22N4O2S/c1-23-13-16(12-21-23)19-22-17(14-26-19)18(24)20-9-5-10-25-11-8-15-6-3-2-4-7-15/h2-4,6-7,12-14H,5,8-11H2,1H3,(H,20,24). The minimum atomic E-state index is -0.152. The quantitative estimate of drug-likeness (QED) is 0.588. The van der Waals surface area contributed by atoms with Crippen LogP contribution in [0.1, 0.15) is 22.5 Å². The Hall–Kier alpha value is -2.51. The molecule has 3 aromatic rings. The van der Waals surface area contributed by atoms with Gasteiger partial charge in [0.1, 0.15) is 10.7 Å². The van der Waals surface area contributed by atoms with Crippen molar-refractivity contribution in [2.24, 2.45) is 7.05 Å². The molecule has 0 aliphatic heterocycles. The number of ether oxygens (including phenoxy) is 1. The second-order valence-electron chi connectivity index (χ2n) is 5.90. The summed E-state index contributed by atoms with van der Waals surface area (Å²) >= 11 is 1.44. The molecule has 0 aliphatic rings. The molecule has 0 radical (unpaired) electrons. The molecule has 0 fully saturated rings. The Balaban J connectivity index is 1.32. The van der Waals surface area contributed by atoms with Gasteiger partial charge in [0, 0.05) is 37.3 Å². The lowest BCUT2D eigenvalue weighted by molar-refractivity contribution is 0.0938. The van der Waals surface area contributed by atoms with E-state index < -0.39 is 0 Å². The molecule has 0 unspecified atom stereocenters. The predicted molar refractivity (Wildman–Crippen MR) is 102 cm³/mol. The second kappa shape index (κ2) is 9.26. The van der Waals surface area contributed by atoms with Gasteiger partial charge in [0.05, 0.1) is 12.8 Å². The summed E-state index contributed by atoms with van der Waals surface area (Å²) in [6.07, 6.45) is 5.31. The number of hydrogen-bond donors (Lipinski definition) is 1. The van der Waals surface area contributed by atoms with Crippen molar-refractivity contribution < 1.29 is 9.53 Å². The van der Waals surface area contributed by atoms with Gasteiger partial charge >= 0.3 is 0 Å². The minimum absolute atomic E-state index is 0.152. The van der Waals surface area contributed by atoms with Crippen LogP contribution in [0.15, 0.2) is 48.1 Å². The van der Waals surface area contributed by atoms with Gasteiger partial charge in [-0.2, -0.15) is 5.10 Å².